The lowest BCUT2D eigenvalue weighted by molar-refractivity contribution is 0.440. The first kappa shape index (κ1) is 10.7. The zero-order valence-corrected chi connectivity index (χ0v) is 9.87. The number of hydrogen-bond acceptors (Lipinski definition) is 2. The molecule has 15 heavy (non-hydrogen) atoms. The van der Waals surface area contributed by atoms with Gasteiger partial charge in [-0.2, -0.15) is 0 Å². The lowest BCUT2D eigenvalue weighted by Gasteiger charge is -2.32. The van der Waals surface area contributed by atoms with Gasteiger partial charge in [-0.25, -0.2) is 4.98 Å². The van der Waals surface area contributed by atoms with Crippen LogP contribution in [-0.2, 0) is 0 Å². The van der Waals surface area contributed by atoms with E-state index in [1.54, 1.807) is 0 Å². The second-order valence-corrected chi connectivity index (χ2v) is 4.54. The van der Waals surface area contributed by atoms with Crippen LogP contribution in [0.4, 0.5) is 5.82 Å². The number of aromatic nitrogens is 1. The van der Waals surface area contributed by atoms with E-state index in [9.17, 15) is 0 Å². The molecule has 2 heterocycles. The molecule has 0 N–H and O–H groups in total. The van der Waals surface area contributed by atoms with Crippen molar-refractivity contribution in [2.45, 2.75) is 19.8 Å². The highest BCUT2D eigenvalue weighted by Gasteiger charge is 2.19. The maximum Gasteiger partial charge on any atom is 0.131 e. The standard InChI is InChI=1S/C12H17ClN2/c1-10-3-2-6-14-12(10)15-7-4-11(9-13)5-8-15/h2-3,6,11H,4-5,7-9H2,1H3. The van der Waals surface area contributed by atoms with Crippen LogP contribution in [0.3, 0.4) is 0 Å². The van der Waals surface area contributed by atoms with Crippen molar-refractivity contribution in [3.8, 4) is 0 Å². The van der Waals surface area contributed by atoms with Crippen LogP contribution in [0.2, 0.25) is 0 Å². The molecule has 1 fully saturated rings. The normalized spacial score (nSPS) is 18.1. The predicted molar refractivity (Wildman–Crippen MR) is 64.6 cm³/mol. The van der Waals surface area contributed by atoms with Crippen LogP contribution in [0.15, 0.2) is 18.3 Å². The van der Waals surface area contributed by atoms with E-state index in [4.69, 9.17) is 11.6 Å². The van der Waals surface area contributed by atoms with Gasteiger partial charge in [-0.1, -0.05) is 6.07 Å². The average molecular weight is 225 g/mol. The van der Waals surface area contributed by atoms with E-state index in [0.29, 0.717) is 5.92 Å². The summed E-state index contributed by atoms with van der Waals surface area (Å²) in [5.41, 5.74) is 1.27. The summed E-state index contributed by atoms with van der Waals surface area (Å²) >= 11 is 5.87. The van der Waals surface area contributed by atoms with Crippen molar-refractivity contribution in [1.29, 1.82) is 0 Å². The SMILES string of the molecule is Cc1cccnc1N1CCC(CCl)CC1. The molecule has 1 aliphatic rings. The number of anilines is 1. The van der Waals surface area contributed by atoms with Crippen LogP contribution in [0.5, 0.6) is 0 Å². The number of hydrogen-bond donors (Lipinski definition) is 0. The molecule has 0 bridgehead atoms. The molecule has 1 aromatic heterocycles. The topological polar surface area (TPSA) is 16.1 Å². The molecule has 0 radical (unpaired) electrons. The van der Waals surface area contributed by atoms with Gasteiger partial charge >= 0.3 is 0 Å². The van der Waals surface area contributed by atoms with Crippen molar-refractivity contribution in [2.24, 2.45) is 5.92 Å². The number of nitrogens with zero attached hydrogens (tertiary/aromatic N) is 2. The molecule has 0 spiro atoms. The number of alkyl halides is 1. The summed E-state index contributed by atoms with van der Waals surface area (Å²) in [6.45, 7) is 4.31. The third-order valence-electron chi connectivity index (χ3n) is 3.11. The first-order chi connectivity index (χ1) is 7.31. The first-order valence-corrected chi connectivity index (χ1v) is 6.07. The molecule has 0 aliphatic carbocycles. The van der Waals surface area contributed by atoms with E-state index in [-0.39, 0.29) is 0 Å². The Labute approximate surface area is 96.3 Å². The van der Waals surface area contributed by atoms with Crippen molar-refractivity contribution >= 4 is 17.4 Å². The van der Waals surface area contributed by atoms with Gasteiger partial charge in [-0.15, -0.1) is 11.6 Å². The smallest absolute Gasteiger partial charge is 0.131 e. The molecule has 0 aromatic carbocycles. The van der Waals surface area contributed by atoms with Gasteiger partial charge < -0.3 is 4.90 Å². The molecular formula is C12H17ClN2. The van der Waals surface area contributed by atoms with Gasteiger partial charge in [-0.05, 0) is 37.3 Å². The van der Waals surface area contributed by atoms with Gasteiger partial charge in [-0.3, -0.25) is 0 Å². The van der Waals surface area contributed by atoms with Gasteiger partial charge in [0.15, 0.2) is 0 Å². The Morgan fingerprint density at radius 3 is 2.80 bits per heavy atom. The summed E-state index contributed by atoms with van der Waals surface area (Å²) in [6, 6.07) is 4.11. The van der Waals surface area contributed by atoms with Gasteiger partial charge in [0.05, 0.1) is 0 Å². The molecule has 2 nitrogen and oxygen atoms in total. The third-order valence-corrected chi connectivity index (χ3v) is 3.55. The maximum absolute atomic E-state index is 5.87. The van der Waals surface area contributed by atoms with E-state index in [1.807, 2.05) is 12.3 Å². The Morgan fingerprint density at radius 2 is 2.20 bits per heavy atom. The average Bonchev–Trinajstić information content (AvgIpc) is 2.30. The maximum atomic E-state index is 5.87. The molecule has 82 valence electrons. The van der Waals surface area contributed by atoms with Gasteiger partial charge in [0, 0.05) is 25.2 Å². The number of halogens is 1. The number of pyridine rings is 1. The van der Waals surface area contributed by atoms with Gasteiger partial charge in [0.25, 0.3) is 0 Å². The minimum absolute atomic E-state index is 0.701. The lowest BCUT2D eigenvalue weighted by atomic mass is 9.99. The van der Waals surface area contributed by atoms with E-state index in [0.717, 1.165) is 24.8 Å². The third kappa shape index (κ3) is 2.43. The quantitative estimate of drug-likeness (QED) is 0.719. The summed E-state index contributed by atoms with van der Waals surface area (Å²) in [6.07, 6.45) is 4.26. The second-order valence-electron chi connectivity index (χ2n) is 4.23. The fraction of sp³-hybridized carbons (Fsp3) is 0.583. The summed E-state index contributed by atoms with van der Waals surface area (Å²) in [7, 11) is 0. The fourth-order valence-electron chi connectivity index (χ4n) is 2.11. The molecule has 0 atom stereocenters. The molecule has 0 unspecified atom stereocenters. The molecule has 3 heteroatoms. The monoisotopic (exact) mass is 224 g/mol. The highest BCUT2D eigenvalue weighted by atomic mass is 35.5. The van der Waals surface area contributed by atoms with E-state index >= 15 is 0 Å². The summed E-state index contributed by atoms with van der Waals surface area (Å²) in [5.74, 6) is 2.65. The molecule has 0 amide bonds. The Balaban J connectivity index is 2.04. The summed E-state index contributed by atoms with van der Waals surface area (Å²) in [5, 5.41) is 0. The Morgan fingerprint density at radius 1 is 1.47 bits per heavy atom. The Kier molecular flexibility index (Phi) is 3.47. The van der Waals surface area contributed by atoms with Crippen LogP contribution in [0.1, 0.15) is 18.4 Å². The van der Waals surface area contributed by atoms with E-state index in [2.05, 4.69) is 22.9 Å². The van der Waals surface area contributed by atoms with Crippen molar-refractivity contribution < 1.29 is 0 Å². The lowest BCUT2D eigenvalue weighted by Crippen LogP contribution is -2.35. The van der Waals surface area contributed by atoms with Crippen molar-refractivity contribution in [3.63, 3.8) is 0 Å². The number of piperidine rings is 1. The Bertz CT molecular complexity index is 319. The minimum atomic E-state index is 0.701. The highest BCUT2D eigenvalue weighted by molar-refractivity contribution is 6.18. The first-order valence-electron chi connectivity index (χ1n) is 5.54. The van der Waals surface area contributed by atoms with E-state index in [1.165, 1.54) is 18.4 Å². The molecule has 0 saturated carbocycles. The van der Waals surface area contributed by atoms with Crippen LogP contribution < -0.4 is 4.90 Å². The van der Waals surface area contributed by atoms with Crippen molar-refractivity contribution in [2.75, 3.05) is 23.9 Å². The van der Waals surface area contributed by atoms with Gasteiger partial charge in [0.1, 0.15) is 5.82 Å². The van der Waals surface area contributed by atoms with Crippen molar-refractivity contribution in [1.82, 2.24) is 4.98 Å². The molecule has 1 aromatic rings. The zero-order valence-electron chi connectivity index (χ0n) is 9.12. The zero-order chi connectivity index (χ0) is 10.7. The largest absolute Gasteiger partial charge is 0.356 e. The van der Waals surface area contributed by atoms with Crippen LogP contribution in [0, 0.1) is 12.8 Å². The minimum Gasteiger partial charge on any atom is -0.356 e. The Hall–Kier alpha value is -0.760. The summed E-state index contributed by atoms with van der Waals surface area (Å²) < 4.78 is 0. The van der Waals surface area contributed by atoms with Crippen molar-refractivity contribution in [3.05, 3.63) is 23.9 Å². The number of aryl methyl sites for hydroxylation is 1. The molecular weight excluding hydrogens is 208 g/mol. The number of rotatable bonds is 2. The van der Waals surface area contributed by atoms with Crippen LogP contribution >= 0.6 is 11.6 Å². The summed E-state index contributed by atoms with van der Waals surface area (Å²) in [4.78, 5) is 6.82. The van der Waals surface area contributed by atoms with Gasteiger partial charge in [0.2, 0.25) is 0 Å². The fourth-order valence-corrected chi connectivity index (χ4v) is 2.42. The van der Waals surface area contributed by atoms with Crippen LogP contribution in [0.25, 0.3) is 0 Å². The predicted octanol–water partition coefficient (Wildman–Crippen LogP) is 2.85. The highest BCUT2D eigenvalue weighted by Crippen LogP contribution is 2.24. The molecule has 2 rings (SSSR count). The molecule has 1 saturated heterocycles. The van der Waals surface area contributed by atoms with Crippen LogP contribution in [-0.4, -0.2) is 24.0 Å². The molecule has 1 aliphatic heterocycles. The second kappa shape index (κ2) is 4.84. The van der Waals surface area contributed by atoms with E-state index < -0.39 is 0 Å².